The van der Waals surface area contributed by atoms with E-state index in [0.29, 0.717) is 18.0 Å². The van der Waals surface area contributed by atoms with Crippen molar-refractivity contribution in [2.45, 2.75) is 34.0 Å². The van der Waals surface area contributed by atoms with Gasteiger partial charge in [0.1, 0.15) is 0 Å². The van der Waals surface area contributed by atoms with E-state index in [-0.39, 0.29) is 0 Å². The number of hydrogen-bond donors (Lipinski definition) is 0. The zero-order valence-electron chi connectivity index (χ0n) is 8.67. The van der Waals surface area contributed by atoms with Gasteiger partial charge in [0.2, 0.25) is 0 Å². The van der Waals surface area contributed by atoms with Crippen LogP contribution in [0.15, 0.2) is 24.1 Å². The first-order valence-corrected chi connectivity index (χ1v) is 4.84. The number of allylic oxidation sites excluding steroid dienone is 2. The third-order valence-electron chi connectivity index (χ3n) is 2.17. The van der Waals surface area contributed by atoms with Crippen molar-refractivity contribution in [1.29, 1.82) is 0 Å². The molecular formula is C11H19B. The Kier molecular flexibility index (Phi) is 2.82. The topological polar surface area (TPSA) is 0 Å². The van der Waals surface area contributed by atoms with Gasteiger partial charge in [-0.2, -0.15) is 0 Å². The average Bonchev–Trinajstić information content (AvgIpc) is 1.91. The van der Waals surface area contributed by atoms with Gasteiger partial charge in [-0.15, -0.1) is 12.0 Å². The fourth-order valence-corrected chi connectivity index (χ4v) is 1.61. The maximum absolute atomic E-state index is 2.34. The van der Waals surface area contributed by atoms with Crippen LogP contribution < -0.4 is 0 Å². The third kappa shape index (κ3) is 3.29. The van der Waals surface area contributed by atoms with Crippen molar-refractivity contribution >= 4 is 6.71 Å². The van der Waals surface area contributed by atoms with E-state index in [1.165, 1.54) is 6.32 Å². The van der Waals surface area contributed by atoms with Gasteiger partial charge in [0.05, 0.1) is 0 Å². The summed E-state index contributed by atoms with van der Waals surface area (Å²) in [6, 6.07) is 0. The van der Waals surface area contributed by atoms with Gasteiger partial charge < -0.3 is 0 Å². The maximum atomic E-state index is 2.34. The molecule has 0 atom stereocenters. The Labute approximate surface area is 76.8 Å². The van der Waals surface area contributed by atoms with E-state index in [2.05, 4.69) is 51.8 Å². The van der Waals surface area contributed by atoms with Crippen LogP contribution in [0.2, 0.25) is 6.32 Å². The van der Waals surface area contributed by atoms with Gasteiger partial charge in [-0.3, -0.25) is 0 Å². The van der Waals surface area contributed by atoms with Crippen LogP contribution in [0.1, 0.15) is 27.7 Å². The molecule has 0 nitrogen and oxygen atoms in total. The molecule has 0 amide bonds. The summed E-state index contributed by atoms with van der Waals surface area (Å²) in [4.78, 5) is 0. The van der Waals surface area contributed by atoms with Gasteiger partial charge in [-0.05, 0) is 11.3 Å². The summed E-state index contributed by atoms with van der Waals surface area (Å²) in [6.45, 7) is 9.79. The predicted molar refractivity (Wildman–Crippen MR) is 57.5 cm³/mol. The van der Waals surface area contributed by atoms with Crippen LogP contribution in [-0.2, 0) is 0 Å². The lowest BCUT2D eigenvalue weighted by Crippen LogP contribution is -2.19. The van der Waals surface area contributed by atoms with Gasteiger partial charge in [-0.1, -0.05) is 46.2 Å². The molecule has 0 fully saturated rings. The van der Waals surface area contributed by atoms with Gasteiger partial charge in [-0.25, -0.2) is 0 Å². The highest BCUT2D eigenvalue weighted by atomic mass is 14.1. The Morgan fingerprint density at radius 3 is 2.08 bits per heavy atom. The minimum Gasteiger partial charge on any atom is -0.114 e. The van der Waals surface area contributed by atoms with Crippen LogP contribution >= 0.6 is 0 Å². The van der Waals surface area contributed by atoms with Gasteiger partial charge in [0, 0.05) is 0 Å². The second-order valence-electron chi connectivity index (χ2n) is 5.06. The van der Waals surface area contributed by atoms with Crippen molar-refractivity contribution in [1.82, 2.24) is 0 Å². The maximum Gasteiger partial charge on any atom is 0.192 e. The Morgan fingerprint density at radius 2 is 1.67 bits per heavy atom. The molecule has 1 heteroatoms. The molecule has 0 saturated carbocycles. The van der Waals surface area contributed by atoms with E-state index < -0.39 is 0 Å². The van der Waals surface area contributed by atoms with E-state index in [1.807, 2.05) is 0 Å². The molecule has 1 aliphatic heterocycles. The summed E-state index contributed by atoms with van der Waals surface area (Å²) in [6.07, 6.45) is 5.86. The molecule has 0 aromatic heterocycles. The summed E-state index contributed by atoms with van der Waals surface area (Å²) in [5, 5.41) is 0. The molecule has 0 unspecified atom stereocenters. The van der Waals surface area contributed by atoms with E-state index in [0.717, 1.165) is 0 Å². The van der Waals surface area contributed by atoms with Gasteiger partial charge in [0.25, 0.3) is 0 Å². The largest absolute Gasteiger partial charge is 0.192 e. The Hall–Kier alpha value is -0.455. The SMILES string of the molecule is CC1C=CB(CC(C)(C)C)C=C1. The summed E-state index contributed by atoms with van der Waals surface area (Å²) in [7, 11) is 0. The monoisotopic (exact) mass is 162 g/mol. The molecule has 0 aromatic carbocycles. The van der Waals surface area contributed by atoms with E-state index in [4.69, 9.17) is 0 Å². The molecule has 0 radical (unpaired) electrons. The molecule has 1 rings (SSSR count). The molecule has 0 N–H and O–H groups in total. The van der Waals surface area contributed by atoms with Gasteiger partial charge >= 0.3 is 0 Å². The van der Waals surface area contributed by atoms with Crippen LogP contribution in [0.4, 0.5) is 0 Å². The zero-order chi connectivity index (χ0) is 9.19. The fraction of sp³-hybridized carbons (Fsp3) is 0.636. The second-order valence-corrected chi connectivity index (χ2v) is 5.06. The van der Waals surface area contributed by atoms with E-state index in [9.17, 15) is 0 Å². The Balaban J connectivity index is 2.47. The molecule has 0 saturated heterocycles. The highest BCUT2D eigenvalue weighted by Gasteiger charge is 2.18. The summed E-state index contributed by atoms with van der Waals surface area (Å²) in [5.74, 6) is 5.33. The number of hydrogen-bond acceptors (Lipinski definition) is 0. The molecule has 0 aromatic rings. The first kappa shape index (κ1) is 9.63. The van der Waals surface area contributed by atoms with Crippen LogP contribution in [0.3, 0.4) is 0 Å². The lowest BCUT2D eigenvalue weighted by Gasteiger charge is -2.21. The first-order valence-electron chi connectivity index (χ1n) is 4.84. The average molecular weight is 162 g/mol. The lowest BCUT2D eigenvalue weighted by atomic mass is 9.42. The van der Waals surface area contributed by atoms with Crippen molar-refractivity contribution in [2.24, 2.45) is 11.3 Å². The summed E-state index contributed by atoms with van der Waals surface area (Å²) in [5.41, 5.74) is 0.444. The van der Waals surface area contributed by atoms with Crippen molar-refractivity contribution in [2.75, 3.05) is 0 Å². The molecular weight excluding hydrogens is 143 g/mol. The summed E-state index contributed by atoms with van der Waals surface area (Å²) < 4.78 is 0. The summed E-state index contributed by atoms with van der Waals surface area (Å²) >= 11 is 0. The molecule has 1 heterocycles. The highest BCUT2D eigenvalue weighted by molar-refractivity contribution is 6.69. The normalized spacial score (nSPS) is 18.8. The first-order chi connectivity index (χ1) is 5.47. The lowest BCUT2D eigenvalue weighted by molar-refractivity contribution is 0.466. The zero-order valence-corrected chi connectivity index (χ0v) is 8.67. The predicted octanol–water partition coefficient (Wildman–Crippen LogP) is 3.37. The molecule has 0 bridgehead atoms. The molecule has 1 aliphatic rings. The quantitative estimate of drug-likeness (QED) is 0.518. The van der Waals surface area contributed by atoms with Crippen molar-refractivity contribution < 1.29 is 0 Å². The molecule has 12 heavy (non-hydrogen) atoms. The van der Waals surface area contributed by atoms with Crippen molar-refractivity contribution in [3.8, 4) is 0 Å². The Morgan fingerprint density at radius 1 is 1.17 bits per heavy atom. The Bertz CT molecular complexity index is 182. The van der Waals surface area contributed by atoms with E-state index in [1.54, 1.807) is 0 Å². The van der Waals surface area contributed by atoms with E-state index >= 15 is 0 Å². The second kappa shape index (κ2) is 3.51. The van der Waals surface area contributed by atoms with Gasteiger partial charge in [0.15, 0.2) is 6.71 Å². The smallest absolute Gasteiger partial charge is 0.114 e. The van der Waals surface area contributed by atoms with Crippen molar-refractivity contribution in [3.63, 3.8) is 0 Å². The molecule has 0 aliphatic carbocycles. The third-order valence-corrected chi connectivity index (χ3v) is 2.17. The van der Waals surface area contributed by atoms with Crippen LogP contribution in [0.25, 0.3) is 0 Å². The minimum absolute atomic E-state index is 0.444. The number of rotatable bonds is 1. The minimum atomic E-state index is 0.444. The molecule has 66 valence electrons. The van der Waals surface area contributed by atoms with Crippen molar-refractivity contribution in [3.05, 3.63) is 24.1 Å². The highest BCUT2D eigenvalue weighted by Crippen LogP contribution is 2.24. The standard InChI is InChI=1S/C11H19B/c1-10-5-7-12(8-6-10)9-11(2,3)4/h5-8,10H,9H2,1-4H3. The van der Waals surface area contributed by atoms with Crippen LogP contribution in [0.5, 0.6) is 0 Å². The van der Waals surface area contributed by atoms with Crippen LogP contribution in [-0.4, -0.2) is 6.71 Å². The van der Waals surface area contributed by atoms with Crippen LogP contribution in [0, 0.1) is 11.3 Å². The molecule has 0 spiro atoms. The fourth-order valence-electron chi connectivity index (χ4n) is 1.61.